The number of imide groups is 1. The molecule has 100 valence electrons. The van der Waals surface area contributed by atoms with E-state index in [-0.39, 0.29) is 17.4 Å². The second kappa shape index (κ2) is 4.49. The number of anilines is 1. The molecule has 2 aliphatic rings. The van der Waals surface area contributed by atoms with Crippen LogP contribution in [0.3, 0.4) is 0 Å². The van der Waals surface area contributed by atoms with Crippen molar-refractivity contribution in [1.82, 2.24) is 15.3 Å². The van der Waals surface area contributed by atoms with Gasteiger partial charge in [0.1, 0.15) is 17.7 Å². The first-order chi connectivity index (χ1) is 9.11. The second-order valence-corrected chi connectivity index (χ2v) is 4.94. The molecule has 0 aromatic carbocycles. The Labute approximate surface area is 108 Å². The van der Waals surface area contributed by atoms with Crippen LogP contribution in [0.5, 0.6) is 0 Å². The second-order valence-electron chi connectivity index (χ2n) is 4.94. The van der Waals surface area contributed by atoms with Crippen molar-refractivity contribution in [2.45, 2.75) is 37.6 Å². The number of nitrogens with zero attached hydrogens (tertiary/aromatic N) is 1. The number of carbonyl (C=O) groups is 2. The van der Waals surface area contributed by atoms with E-state index < -0.39 is 6.04 Å². The normalized spacial score (nSPS) is 23.1. The van der Waals surface area contributed by atoms with Crippen LogP contribution in [0.4, 0.5) is 5.82 Å². The zero-order chi connectivity index (χ0) is 13.4. The van der Waals surface area contributed by atoms with Crippen LogP contribution in [0.25, 0.3) is 0 Å². The first-order valence-corrected chi connectivity index (χ1v) is 6.33. The molecular formula is C12H14N4O3. The Morgan fingerprint density at radius 3 is 2.68 bits per heavy atom. The van der Waals surface area contributed by atoms with Crippen molar-refractivity contribution in [3.05, 3.63) is 22.2 Å². The number of hydrogen-bond donors (Lipinski definition) is 3. The number of amides is 2. The summed E-state index contributed by atoms with van der Waals surface area (Å²) in [4.78, 5) is 41.2. The first kappa shape index (κ1) is 11.9. The summed E-state index contributed by atoms with van der Waals surface area (Å²) >= 11 is 0. The Kier molecular flexibility index (Phi) is 2.81. The van der Waals surface area contributed by atoms with Gasteiger partial charge in [0.25, 0.3) is 5.56 Å². The minimum Gasteiger partial charge on any atom is -0.358 e. The van der Waals surface area contributed by atoms with Crippen LogP contribution in [0.2, 0.25) is 0 Å². The predicted molar refractivity (Wildman–Crippen MR) is 66.6 cm³/mol. The van der Waals surface area contributed by atoms with Crippen LogP contribution in [-0.2, 0) is 9.59 Å². The highest BCUT2D eigenvalue weighted by atomic mass is 16.2. The fourth-order valence-corrected chi connectivity index (χ4v) is 2.11. The molecule has 3 N–H and O–H groups in total. The van der Waals surface area contributed by atoms with Crippen molar-refractivity contribution in [2.75, 3.05) is 5.32 Å². The van der Waals surface area contributed by atoms with Crippen molar-refractivity contribution in [1.29, 1.82) is 0 Å². The Morgan fingerprint density at radius 1 is 1.21 bits per heavy atom. The van der Waals surface area contributed by atoms with Gasteiger partial charge < -0.3 is 10.3 Å². The summed E-state index contributed by atoms with van der Waals surface area (Å²) in [6, 6.07) is 0.814. The summed E-state index contributed by atoms with van der Waals surface area (Å²) in [7, 11) is 0. The molecule has 0 spiro atoms. The largest absolute Gasteiger partial charge is 0.358 e. The maximum atomic E-state index is 11.6. The van der Waals surface area contributed by atoms with Crippen molar-refractivity contribution >= 4 is 17.6 Å². The first-order valence-electron chi connectivity index (χ1n) is 6.33. The average molecular weight is 262 g/mol. The summed E-state index contributed by atoms with van der Waals surface area (Å²) in [6.45, 7) is 0. The van der Waals surface area contributed by atoms with E-state index in [0.717, 1.165) is 12.8 Å². The highest BCUT2D eigenvalue weighted by Crippen LogP contribution is 2.37. The Bertz CT molecular complexity index is 591. The van der Waals surface area contributed by atoms with Gasteiger partial charge in [-0.1, -0.05) is 0 Å². The van der Waals surface area contributed by atoms with E-state index in [1.165, 1.54) is 6.07 Å². The standard InChI is InChI=1S/C12H14N4O3/c17-9-4-3-7(12(19)16-9)13-8-5-10(18)15-11(14-8)6-1-2-6/h5-7H,1-4H2,(H,16,17,19)(H2,13,14,15,18). The Hall–Kier alpha value is -2.18. The van der Waals surface area contributed by atoms with E-state index in [0.29, 0.717) is 30.4 Å². The molecule has 1 atom stereocenters. The van der Waals surface area contributed by atoms with E-state index >= 15 is 0 Å². The minimum absolute atomic E-state index is 0.230. The van der Waals surface area contributed by atoms with Gasteiger partial charge >= 0.3 is 0 Å². The van der Waals surface area contributed by atoms with Crippen molar-refractivity contribution in [3.63, 3.8) is 0 Å². The summed E-state index contributed by atoms with van der Waals surface area (Å²) < 4.78 is 0. The van der Waals surface area contributed by atoms with Crippen LogP contribution < -0.4 is 16.2 Å². The molecule has 2 amide bonds. The number of carbonyl (C=O) groups excluding carboxylic acids is 2. The van der Waals surface area contributed by atoms with Gasteiger partial charge in [-0.2, -0.15) is 0 Å². The maximum absolute atomic E-state index is 11.6. The van der Waals surface area contributed by atoms with E-state index in [2.05, 4.69) is 20.6 Å². The molecule has 0 radical (unpaired) electrons. The average Bonchev–Trinajstić information content (AvgIpc) is 3.16. The van der Waals surface area contributed by atoms with Gasteiger partial charge in [0.2, 0.25) is 11.8 Å². The molecule has 0 bridgehead atoms. The Morgan fingerprint density at radius 2 is 2.00 bits per heavy atom. The lowest BCUT2D eigenvalue weighted by atomic mass is 10.1. The van der Waals surface area contributed by atoms with Crippen molar-refractivity contribution in [3.8, 4) is 0 Å². The zero-order valence-corrected chi connectivity index (χ0v) is 10.2. The summed E-state index contributed by atoms with van der Waals surface area (Å²) in [6.07, 6.45) is 2.77. The lowest BCUT2D eigenvalue weighted by Gasteiger charge is -2.22. The third-order valence-corrected chi connectivity index (χ3v) is 3.29. The smallest absolute Gasteiger partial charge is 0.252 e. The number of aromatic nitrogens is 2. The molecule has 2 heterocycles. The Balaban J connectivity index is 1.77. The zero-order valence-electron chi connectivity index (χ0n) is 10.2. The topological polar surface area (TPSA) is 104 Å². The fourth-order valence-electron chi connectivity index (χ4n) is 2.11. The van der Waals surface area contributed by atoms with E-state index in [1.807, 2.05) is 0 Å². The molecule has 7 heteroatoms. The molecule has 1 aliphatic heterocycles. The molecule has 2 fully saturated rings. The van der Waals surface area contributed by atoms with Crippen LogP contribution in [0, 0.1) is 0 Å². The number of hydrogen-bond acceptors (Lipinski definition) is 5. The number of piperidine rings is 1. The van der Waals surface area contributed by atoms with Crippen LogP contribution in [0.1, 0.15) is 37.4 Å². The summed E-state index contributed by atoms with van der Waals surface area (Å²) in [5.74, 6) is 0.755. The highest BCUT2D eigenvalue weighted by Gasteiger charge is 2.29. The third kappa shape index (κ3) is 2.64. The molecule has 1 unspecified atom stereocenters. The number of H-pyrrole nitrogens is 1. The number of aromatic amines is 1. The SMILES string of the molecule is O=C1CCC(Nc2cc(=O)[nH]c(C3CC3)n2)C(=O)N1. The van der Waals surface area contributed by atoms with Gasteiger partial charge in [-0.3, -0.25) is 19.7 Å². The monoisotopic (exact) mass is 262 g/mol. The summed E-state index contributed by atoms with van der Waals surface area (Å²) in [5.41, 5.74) is -0.230. The molecule has 3 rings (SSSR count). The fraction of sp³-hybridized carbons (Fsp3) is 0.500. The summed E-state index contributed by atoms with van der Waals surface area (Å²) in [5, 5.41) is 5.18. The van der Waals surface area contributed by atoms with Crippen LogP contribution in [-0.4, -0.2) is 27.8 Å². The molecule has 7 nitrogen and oxygen atoms in total. The molecular weight excluding hydrogens is 248 g/mol. The lowest BCUT2D eigenvalue weighted by molar-refractivity contribution is -0.133. The maximum Gasteiger partial charge on any atom is 0.252 e. The van der Waals surface area contributed by atoms with Gasteiger partial charge in [0.05, 0.1) is 0 Å². The molecule has 1 aromatic heterocycles. The lowest BCUT2D eigenvalue weighted by Crippen LogP contribution is -2.47. The quantitative estimate of drug-likeness (QED) is 0.658. The van der Waals surface area contributed by atoms with E-state index in [4.69, 9.17) is 0 Å². The van der Waals surface area contributed by atoms with Gasteiger partial charge in [0, 0.05) is 18.4 Å². The van der Waals surface area contributed by atoms with Gasteiger partial charge in [0.15, 0.2) is 0 Å². The van der Waals surface area contributed by atoms with E-state index in [1.54, 1.807) is 0 Å². The molecule has 1 saturated heterocycles. The highest BCUT2D eigenvalue weighted by molar-refractivity contribution is 6.01. The van der Waals surface area contributed by atoms with Crippen LogP contribution >= 0.6 is 0 Å². The van der Waals surface area contributed by atoms with E-state index in [9.17, 15) is 14.4 Å². The van der Waals surface area contributed by atoms with Gasteiger partial charge in [-0.25, -0.2) is 4.98 Å². The molecule has 1 saturated carbocycles. The van der Waals surface area contributed by atoms with Crippen LogP contribution in [0.15, 0.2) is 10.9 Å². The molecule has 1 aromatic rings. The van der Waals surface area contributed by atoms with Crippen molar-refractivity contribution in [2.24, 2.45) is 0 Å². The van der Waals surface area contributed by atoms with Gasteiger partial charge in [-0.05, 0) is 19.3 Å². The molecule has 19 heavy (non-hydrogen) atoms. The minimum atomic E-state index is -0.515. The van der Waals surface area contributed by atoms with Gasteiger partial charge in [-0.15, -0.1) is 0 Å². The molecule has 1 aliphatic carbocycles. The number of nitrogens with one attached hydrogen (secondary N) is 3. The third-order valence-electron chi connectivity index (χ3n) is 3.29. The predicted octanol–water partition coefficient (Wildman–Crippen LogP) is -0.136. The number of rotatable bonds is 3. The van der Waals surface area contributed by atoms with Crippen molar-refractivity contribution < 1.29 is 9.59 Å².